The van der Waals surface area contributed by atoms with Crippen LogP contribution in [0.3, 0.4) is 0 Å². The molecule has 0 aliphatic rings. The van der Waals surface area contributed by atoms with Gasteiger partial charge in [-0.25, -0.2) is 0 Å². The number of benzene rings is 4. The molecule has 9 heteroatoms. The molecule has 0 unspecified atom stereocenters. The minimum Gasteiger partial charge on any atom is -0.493 e. The molecule has 4 aromatic carbocycles. The van der Waals surface area contributed by atoms with Crippen LogP contribution in [0.15, 0.2) is 72.8 Å². The van der Waals surface area contributed by atoms with Crippen LogP contribution in [0.5, 0.6) is 23.0 Å². The zero-order valence-electron chi connectivity index (χ0n) is 27.5. The lowest BCUT2D eigenvalue weighted by Gasteiger charge is -2.13. The largest absolute Gasteiger partial charge is 0.493 e. The Morgan fingerprint density at radius 1 is 0.458 bits per heavy atom. The molecule has 0 saturated heterocycles. The Labute approximate surface area is 285 Å². The quantitative estimate of drug-likeness (QED) is 0.0720. The lowest BCUT2D eigenvalue weighted by molar-refractivity contribution is 0.298. The zero-order valence-corrected chi connectivity index (χ0v) is 27.5. The maximum absolute atomic E-state index is 6.06. The van der Waals surface area contributed by atoms with Crippen molar-refractivity contribution in [2.75, 3.05) is 52.6 Å². The summed E-state index contributed by atoms with van der Waals surface area (Å²) in [6, 6.07) is 25.4. The highest BCUT2D eigenvalue weighted by molar-refractivity contribution is 6.10. The molecule has 9 nitrogen and oxygen atoms in total. The van der Waals surface area contributed by atoms with Crippen molar-refractivity contribution >= 4 is 21.8 Å². The van der Waals surface area contributed by atoms with E-state index in [4.69, 9.17) is 41.9 Å². The summed E-state index contributed by atoms with van der Waals surface area (Å²) in [5.74, 6) is 3.04. The van der Waals surface area contributed by atoms with Crippen molar-refractivity contribution in [2.24, 2.45) is 22.9 Å². The molecule has 0 spiro atoms. The SMILES string of the molecule is C.CCn1c2ccc(-c3cc(OCCCN)cc(OCCCN)c3)cc2c2cc(-c3cc(OCCCN)cc(OCCCN)c3)ccc21. The van der Waals surface area contributed by atoms with Gasteiger partial charge >= 0.3 is 0 Å². The zero-order chi connectivity index (χ0) is 33.0. The van der Waals surface area contributed by atoms with Crippen molar-refractivity contribution in [1.29, 1.82) is 0 Å². The molecule has 258 valence electrons. The van der Waals surface area contributed by atoms with Crippen molar-refractivity contribution in [2.45, 2.75) is 46.6 Å². The smallest absolute Gasteiger partial charge is 0.123 e. The molecule has 0 bridgehead atoms. The van der Waals surface area contributed by atoms with Gasteiger partial charge in [0.2, 0.25) is 0 Å². The maximum Gasteiger partial charge on any atom is 0.123 e. The summed E-state index contributed by atoms with van der Waals surface area (Å²) >= 11 is 0. The number of rotatable bonds is 19. The van der Waals surface area contributed by atoms with Gasteiger partial charge < -0.3 is 46.4 Å². The van der Waals surface area contributed by atoms with Crippen LogP contribution in [0.4, 0.5) is 0 Å². The fourth-order valence-corrected chi connectivity index (χ4v) is 5.71. The highest BCUT2D eigenvalue weighted by Gasteiger charge is 2.15. The third-order valence-electron chi connectivity index (χ3n) is 8.08. The first-order valence-corrected chi connectivity index (χ1v) is 16.8. The Bertz CT molecular complexity index is 1570. The van der Waals surface area contributed by atoms with Gasteiger partial charge in [-0.1, -0.05) is 19.6 Å². The minimum absolute atomic E-state index is 0. The van der Waals surface area contributed by atoms with Crippen molar-refractivity contribution < 1.29 is 18.9 Å². The number of hydrogen-bond acceptors (Lipinski definition) is 8. The Hall–Kier alpha value is -4.28. The van der Waals surface area contributed by atoms with Crippen LogP contribution >= 0.6 is 0 Å². The van der Waals surface area contributed by atoms with Crippen LogP contribution < -0.4 is 41.9 Å². The number of hydrogen-bond donors (Lipinski definition) is 4. The van der Waals surface area contributed by atoms with E-state index in [0.717, 1.165) is 77.5 Å². The highest BCUT2D eigenvalue weighted by Crippen LogP contribution is 2.38. The summed E-state index contributed by atoms with van der Waals surface area (Å²) in [7, 11) is 0. The molecule has 5 rings (SSSR count). The highest BCUT2D eigenvalue weighted by atomic mass is 16.5. The second-order valence-corrected chi connectivity index (χ2v) is 11.6. The number of aryl methyl sites for hydroxylation is 1. The molecule has 8 N–H and O–H groups in total. The van der Waals surface area contributed by atoms with Crippen LogP contribution in [0, 0.1) is 0 Å². The van der Waals surface area contributed by atoms with Gasteiger partial charge in [0.15, 0.2) is 0 Å². The van der Waals surface area contributed by atoms with Gasteiger partial charge in [-0.05, 0) is 130 Å². The second kappa shape index (κ2) is 18.3. The minimum atomic E-state index is 0. The third-order valence-corrected chi connectivity index (χ3v) is 8.08. The van der Waals surface area contributed by atoms with Gasteiger partial charge in [-0.15, -0.1) is 0 Å². The monoisotopic (exact) mass is 655 g/mol. The van der Waals surface area contributed by atoms with E-state index in [2.05, 4.69) is 72.2 Å². The van der Waals surface area contributed by atoms with Gasteiger partial charge in [0, 0.05) is 40.5 Å². The van der Waals surface area contributed by atoms with Gasteiger partial charge in [0.05, 0.1) is 26.4 Å². The lowest BCUT2D eigenvalue weighted by Crippen LogP contribution is -2.07. The number of aromatic nitrogens is 1. The summed E-state index contributed by atoms with van der Waals surface area (Å²) in [6.45, 7) is 7.54. The number of fused-ring (bicyclic) bond motifs is 3. The summed E-state index contributed by atoms with van der Waals surface area (Å²) < 4.78 is 26.6. The van der Waals surface area contributed by atoms with E-state index >= 15 is 0 Å². The van der Waals surface area contributed by atoms with Gasteiger partial charge in [-0.3, -0.25) is 0 Å². The summed E-state index contributed by atoms with van der Waals surface area (Å²) in [4.78, 5) is 0. The third kappa shape index (κ3) is 8.99. The summed E-state index contributed by atoms with van der Waals surface area (Å²) in [5.41, 5.74) is 29.4. The van der Waals surface area contributed by atoms with Crippen LogP contribution in [0.25, 0.3) is 44.1 Å². The van der Waals surface area contributed by atoms with Gasteiger partial charge in [-0.2, -0.15) is 0 Å². The molecule has 0 amide bonds. The van der Waals surface area contributed by atoms with Crippen LogP contribution in [-0.2, 0) is 6.54 Å². The predicted octanol–water partition coefficient (Wildman–Crippen LogP) is 6.69. The fourth-order valence-electron chi connectivity index (χ4n) is 5.71. The molecule has 0 aliphatic carbocycles. The summed E-state index contributed by atoms with van der Waals surface area (Å²) in [6.07, 6.45) is 3.12. The lowest BCUT2D eigenvalue weighted by atomic mass is 9.99. The van der Waals surface area contributed by atoms with Crippen LogP contribution in [0.2, 0.25) is 0 Å². The standard InChI is InChI=1S/C38H49N5O4.CH4/c1-2-43-37-9-7-27(29-19-31(44-15-3-11-39)25-32(20-29)45-16-4-12-40)23-35(37)36-24-28(8-10-38(36)43)30-21-33(46-17-5-13-41)26-34(22-30)47-18-6-14-42;/h7-10,19-26H,2-6,11-18,39-42H2,1H3;1H4. The molecule has 0 atom stereocenters. The number of ether oxygens (including phenoxy) is 4. The molecule has 0 fully saturated rings. The Balaban J connectivity index is 0.00000520. The molecule has 0 saturated carbocycles. The predicted molar refractivity (Wildman–Crippen MR) is 199 cm³/mol. The maximum atomic E-state index is 6.06. The van der Waals surface area contributed by atoms with Gasteiger partial charge in [0.1, 0.15) is 23.0 Å². The first kappa shape index (κ1) is 36.6. The molecule has 1 heterocycles. The van der Waals surface area contributed by atoms with Gasteiger partial charge in [0.25, 0.3) is 0 Å². The molecule has 5 aromatic rings. The molecule has 48 heavy (non-hydrogen) atoms. The normalized spacial score (nSPS) is 11.1. The molecule has 0 aliphatic heterocycles. The van der Waals surface area contributed by atoms with Crippen molar-refractivity contribution in [1.82, 2.24) is 4.57 Å². The van der Waals surface area contributed by atoms with E-state index in [1.807, 2.05) is 12.1 Å². The Kier molecular flexibility index (Phi) is 13.9. The molecular weight excluding hydrogens is 602 g/mol. The van der Waals surface area contributed by atoms with E-state index in [1.165, 1.54) is 21.8 Å². The van der Waals surface area contributed by atoms with Crippen LogP contribution in [0.1, 0.15) is 40.0 Å². The average molecular weight is 656 g/mol. The van der Waals surface area contributed by atoms with E-state index in [1.54, 1.807) is 0 Å². The van der Waals surface area contributed by atoms with E-state index in [9.17, 15) is 0 Å². The molecule has 1 aromatic heterocycles. The average Bonchev–Trinajstić information content (AvgIpc) is 3.41. The van der Waals surface area contributed by atoms with Crippen molar-refractivity contribution in [3.8, 4) is 45.3 Å². The van der Waals surface area contributed by atoms with Crippen LogP contribution in [-0.4, -0.2) is 57.2 Å². The fraction of sp³-hybridized carbons (Fsp3) is 0.385. The molecular formula is C39H53N5O4. The number of nitrogens with zero attached hydrogens (tertiary/aromatic N) is 1. The number of nitrogens with two attached hydrogens (primary N) is 4. The van der Waals surface area contributed by atoms with E-state index < -0.39 is 0 Å². The Morgan fingerprint density at radius 3 is 1.08 bits per heavy atom. The Morgan fingerprint density at radius 2 is 0.792 bits per heavy atom. The van der Waals surface area contributed by atoms with Crippen molar-refractivity contribution in [3.63, 3.8) is 0 Å². The van der Waals surface area contributed by atoms with Crippen molar-refractivity contribution in [3.05, 3.63) is 72.8 Å². The van der Waals surface area contributed by atoms with E-state index in [-0.39, 0.29) is 7.43 Å². The summed E-state index contributed by atoms with van der Waals surface area (Å²) in [5, 5.41) is 2.35. The first-order valence-electron chi connectivity index (χ1n) is 16.8. The molecule has 0 radical (unpaired) electrons. The topological polar surface area (TPSA) is 146 Å². The van der Waals surface area contributed by atoms with E-state index in [0.29, 0.717) is 52.6 Å². The first-order chi connectivity index (χ1) is 23.1. The second-order valence-electron chi connectivity index (χ2n) is 11.6.